The molecule has 154 valence electrons. The Kier molecular flexibility index (Phi) is 5.34. The molecule has 0 amide bonds. The molecule has 1 heterocycles. The molecular formula is C27H19N2O2P. The van der Waals surface area contributed by atoms with Crippen LogP contribution in [0.1, 0.15) is 16.7 Å². The number of hydrogen-bond acceptors (Lipinski definition) is 4. The molecule has 0 bridgehead atoms. The second-order valence-corrected chi connectivity index (χ2v) is 9.29. The van der Waals surface area contributed by atoms with Gasteiger partial charge in [0.15, 0.2) is 0 Å². The Labute approximate surface area is 187 Å². The molecule has 4 nitrogen and oxygen atoms in total. The van der Waals surface area contributed by atoms with Crippen molar-refractivity contribution in [2.45, 2.75) is 0 Å². The molecule has 0 aromatic heterocycles. The van der Waals surface area contributed by atoms with E-state index in [9.17, 15) is 5.26 Å². The molecule has 0 radical (unpaired) electrons. The van der Waals surface area contributed by atoms with E-state index >= 15 is 0 Å². The van der Waals surface area contributed by atoms with Gasteiger partial charge in [-0.2, -0.15) is 10.0 Å². The summed E-state index contributed by atoms with van der Waals surface area (Å²) in [6.07, 6.45) is 2.09. The molecule has 5 heteroatoms. The van der Waals surface area contributed by atoms with E-state index in [-0.39, 0.29) is 0 Å². The van der Waals surface area contributed by atoms with Crippen LogP contribution in [0, 0.1) is 11.3 Å². The van der Waals surface area contributed by atoms with Gasteiger partial charge in [0, 0.05) is 5.56 Å². The number of hydrogen-bond donors (Lipinski definition) is 0. The van der Waals surface area contributed by atoms with Gasteiger partial charge >= 0.3 is 7.51 Å². The van der Waals surface area contributed by atoms with Crippen molar-refractivity contribution in [2.75, 3.05) is 0 Å². The zero-order valence-corrected chi connectivity index (χ0v) is 18.0. The first kappa shape index (κ1) is 19.9. The maximum Gasteiger partial charge on any atom is 0.352 e. The van der Waals surface area contributed by atoms with Gasteiger partial charge in [-0.3, -0.25) is 0 Å². The Morgan fingerprint density at radius 1 is 0.656 bits per heavy atom. The van der Waals surface area contributed by atoms with E-state index in [2.05, 4.69) is 12.1 Å². The largest absolute Gasteiger partial charge is 0.427 e. The van der Waals surface area contributed by atoms with Crippen LogP contribution in [-0.4, -0.2) is 0 Å². The van der Waals surface area contributed by atoms with Gasteiger partial charge in [0.1, 0.15) is 11.5 Å². The van der Waals surface area contributed by atoms with Crippen molar-refractivity contribution in [2.24, 2.45) is 4.74 Å². The van der Waals surface area contributed by atoms with Crippen molar-refractivity contribution in [3.63, 3.8) is 0 Å². The Hall–Kier alpha value is -4.06. The molecule has 32 heavy (non-hydrogen) atoms. The van der Waals surface area contributed by atoms with Crippen LogP contribution in [0.2, 0.25) is 0 Å². The molecule has 1 aliphatic heterocycles. The summed E-state index contributed by atoms with van der Waals surface area (Å²) in [6.45, 7) is 0. The lowest BCUT2D eigenvalue weighted by molar-refractivity contribution is 0.488. The summed E-state index contributed by atoms with van der Waals surface area (Å²) in [7, 11) is -3.02. The first-order chi connectivity index (χ1) is 15.8. The van der Waals surface area contributed by atoms with Gasteiger partial charge < -0.3 is 9.05 Å². The van der Waals surface area contributed by atoms with Gasteiger partial charge in [-0.25, -0.2) is 0 Å². The molecule has 0 fully saturated rings. The van der Waals surface area contributed by atoms with Crippen molar-refractivity contribution in [1.82, 2.24) is 0 Å². The Morgan fingerprint density at radius 2 is 1.22 bits per heavy atom. The fourth-order valence-electron chi connectivity index (χ4n) is 3.49. The first-order valence-electron chi connectivity index (χ1n) is 10.2. The molecule has 0 atom stereocenters. The van der Waals surface area contributed by atoms with Crippen LogP contribution in [-0.2, 0) is 0 Å². The van der Waals surface area contributed by atoms with Gasteiger partial charge in [0.25, 0.3) is 0 Å². The monoisotopic (exact) mass is 434 g/mol. The minimum atomic E-state index is -3.02. The fourth-order valence-corrected chi connectivity index (χ4v) is 5.98. The van der Waals surface area contributed by atoms with E-state index in [0.29, 0.717) is 17.1 Å². The Morgan fingerprint density at radius 3 is 1.81 bits per heavy atom. The van der Waals surface area contributed by atoms with E-state index in [4.69, 9.17) is 13.8 Å². The van der Waals surface area contributed by atoms with Crippen LogP contribution in [0.4, 0.5) is 5.69 Å². The van der Waals surface area contributed by atoms with Gasteiger partial charge in [0.2, 0.25) is 0 Å². The third kappa shape index (κ3) is 3.95. The van der Waals surface area contributed by atoms with E-state index in [1.54, 1.807) is 12.1 Å². The van der Waals surface area contributed by atoms with Gasteiger partial charge in [-0.1, -0.05) is 66.7 Å². The fraction of sp³-hybridized carbons (Fsp3) is 0. The predicted octanol–water partition coefficient (Wildman–Crippen LogP) is 7.89. The summed E-state index contributed by atoms with van der Waals surface area (Å²) >= 11 is 0. The molecular weight excluding hydrogens is 415 g/mol. The standard InChI is InChI=1S/C27H19N2O2P/c28-20-21-15-17-22(18-16-21)27-19-23-9-7-8-14-26(23)29-32(27,30-24-10-3-1-4-11-24)31-25-12-5-2-6-13-25/h1-19H. The molecule has 0 aliphatic carbocycles. The lowest BCUT2D eigenvalue weighted by Gasteiger charge is -2.30. The number of benzene rings is 4. The van der Waals surface area contributed by atoms with Crippen LogP contribution in [0.25, 0.3) is 11.4 Å². The van der Waals surface area contributed by atoms with Crippen LogP contribution in [0.15, 0.2) is 114 Å². The maximum atomic E-state index is 9.24. The van der Waals surface area contributed by atoms with E-state index < -0.39 is 7.51 Å². The quantitative estimate of drug-likeness (QED) is 0.300. The smallest absolute Gasteiger partial charge is 0.352 e. The van der Waals surface area contributed by atoms with Crippen molar-refractivity contribution in [1.29, 1.82) is 5.26 Å². The zero-order chi connectivity index (χ0) is 21.8. The summed E-state index contributed by atoms with van der Waals surface area (Å²) in [5.41, 5.74) is 3.32. The normalized spacial score (nSPS) is 13.7. The van der Waals surface area contributed by atoms with Crippen molar-refractivity contribution in [3.05, 3.63) is 126 Å². The van der Waals surface area contributed by atoms with Gasteiger partial charge in [0.05, 0.1) is 22.6 Å². The third-order valence-electron chi connectivity index (χ3n) is 5.03. The van der Waals surface area contributed by atoms with Gasteiger partial charge in [-0.15, -0.1) is 0 Å². The van der Waals surface area contributed by atoms with Crippen LogP contribution >= 0.6 is 7.51 Å². The molecule has 4 aromatic rings. The summed E-state index contributed by atoms with van der Waals surface area (Å²) in [5, 5.41) is 10.1. The van der Waals surface area contributed by atoms with E-state index in [0.717, 1.165) is 22.1 Å². The van der Waals surface area contributed by atoms with Crippen LogP contribution in [0.3, 0.4) is 0 Å². The van der Waals surface area contributed by atoms with Crippen molar-refractivity contribution in [3.8, 4) is 17.6 Å². The number of nitriles is 1. The maximum absolute atomic E-state index is 9.24. The SMILES string of the molecule is N#Cc1ccc(C2=Cc3ccccc3N=P2(Oc2ccccc2)Oc2ccccc2)cc1. The van der Waals surface area contributed by atoms with Crippen LogP contribution in [0.5, 0.6) is 11.5 Å². The Bertz CT molecular complexity index is 1330. The predicted molar refractivity (Wildman–Crippen MR) is 129 cm³/mol. The highest BCUT2D eigenvalue weighted by atomic mass is 31.2. The number of rotatable bonds is 5. The minimum Gasteiger partial charge on any atom is -0.427 e. The van der Waals surface area contributed by atoms with Crippen LogP contribution < -0.4 is 9.05 Å². The highest BCUT2D eigenvalue weighted by Crippen LogP contribution is 2.66. The second kappa shape index (κ2) is 8.59. The molecule has 0 saturated carbocycles. The number of fused-ring (bicyclic) bond motifs is 1. The summed E-state index contributed by atoms with van der Waals surface area (Å²) in [6, 6.07) is 36.8. The molecule has 1 aliphatic rings. The summed E-state index contributed by atoms with van der Waals surface area (Å²) in [4.78, 5) is 0. The lowest BCUT2D eigenvalue weighted by Crippen LogP contribution is -2.06. The molecule has 0 unspecified atom stereocenters. The molecule has 0 saturated heterocycles. The highest BCUT2D eigenvalue weighted by Gasteiger charge is 2.35. The number of para-hydroxylation sites is 2. The molecule has 4 aromatic carbocycles. The molecule has 5 rings (SSSR count). The average Bonchev–Trinajstić information content (AvgIpc) is 2.85. The summed E-state index contributed by atoms with van der Waals surface area (Å²) in [5.74, 6) is 1.36. The minimum absolute atomic E-state index is 0.597. The third-order valence-corrected chi connectivity index (χ3v) is 7.42. The van der Waals surface area contributed by atoms with Gasteiger partial charge in [-0.05, 0) is 54.1 Å². The van der Waals surface area contributed by atoms with E-state index in [1.807, 2.05) is 97.1 Å². The summed E-state index contributed by atoms with van der Waals surface area (Å²) < 4.78 is 18.3. The second-order valence-electron chi connectivity index (χ2n) is 7.21. The number of nitrogens with zero attached hydrogens (tertiary/aromatic N) is 2. The van der Waals surface area contributed by atoms with Crippen molar-refractivity contribution >= 4 is 24.6 Å². The lowest BCUT2D eigenvalue weighted by atomic mass is 10.1. The van der Waals surface area contributed by atoms with Crippen molar-refractivity contribution < 1.29 is 9.05 Å². The Balaban J connectivity index is 1.74. The highest BCUT2D eigenvalue weighted by molar-refractivity contribution is 7.68. The topological polar surface area (TPSA) is 54.6 Å². The molecule has 0 spiro atoms. The average molecular weight is 434 g/mol. The zero-order valence-electron chi connectivity index (χ0n) is 17.1. The first-order valence-corrected chi connectivity index (χ1v) is 11.8. The van der Waals surface area contributed by atoms with E-state index in [1.165, 1.54) is 0 Å². The molecule has 0 N–H and O–H groups in total.